The lowest BCUT2D eigenvalue weighted by molar-refractivity contribution is -0.127. The van der Waals surface area contributed by atoms with Crippen LogP contribution in [0.4, 0.5) is 5.82 Å². The van der Waals surface area contributed by atoms with E-state index in [1.54, 1.807) is 0 Å². The number of nitrogens with zero attached hydrogens (tertiary/aromatic N) is 5. The number of ether oxygens (including phenoxy) is 1. The second-order valence-corrected chi connectivity index (χ2v) is 7.96. The zero-order valence-corrected chi connectivity index (χ0v) is 18.1. The normalized spacial score (nSPS) is 15.6. The van der Waals surface area contributed by atoms with E-state index in [4.69, 9.17) is 15.6 Å². The second kappa shape index (κ2) is 8.74. The molecule has 2 aromatic heterocycles. The number of aromatic nitrogens is 4. The maximum Gasteiger partial charge on any atom is 0.246 e. The van der Waals surface area contributed by atoms with Crippen LogP contribution < -0.4 is 10.5 Å². The average Bonchev–Trinajstić information content (AvgIpc) is 3.46. The molecule has 1 fully saturated rings. The standard InChI is InChI=1S/C25H24N6O2/c1-2-21(32)30-14-6-7-18(30)15-31-25-22(24(26)27-16-28-25)23(29-31)17-10-12-20(13-11-17)33-19-8-4-3-5-9-19/h2-5,8-13,16,18H,1,6-7,14-15H2,(H2,26,27,28). The first kappa shape index (κ1) is 20.7. The van der Waals surface area contributed by atoms with Crippen molar-refractivity contribution in [2.75, 3.05) is 12.3 Å². The summed E-state index contributed by atoms with van der Waals surface area (Å²) in [7, 11) is 0. The molecule has 5 rings (SSSR count). The molecule has 2 aromatic carbocycles. The lowest BCUT2D eigenvalue weighted by Crippen LogP contribution is -2.37. The lowest BCUT2D eigenvalue weighted by Gasteiger charge is -2.23. The number of hydrogen-bond acceptors (Lipinski definition) is 6. The third kappa shape index (κ3) is 4.03. The zero-order valence-electron chi connectivity index (χ0n) is 18.1. The number of anilines is 1. The second-order valence-electron chi connectivity index (χ2n) is 7.96. The molecule has 1 saturated heterocycles. The van der Waals surface area contributed by atoms with Gasteiger partial charge in [-0.25, -0.2) is 14.6 Å². The van der Waals surface area contributed by atoms with Gasteiger partial charge in [0.2, 0.25) is 5.91 Å². The highest BCUT2D eigenvalue weighted by atomic mass is 16.5. The number of hydrogen-bond donors (Lipinski definition) is 1. The van der Waals surface area contributed by atoms with Crippen LogP contribution in [0.5, 0.6) is 11.5 Å². The maximum absolute atomic E-state index is 12.2. The SMILES string of the molecule is C=CC(=O)N1CCCC1Cn1nc(-c2ccc(Oc3ccccc3)cc2)c2c(N)ncnc21. The number of nitrogens with two attached hydrogens (primary N) is 1. The minimum absolute atomic E-state index is 0.0317. The predicted octanol–water partition coefficient (Wildman–Crippen LogP) is 4.04. The summed E-state index contributed by atoms with van der Waals surface area (Å²) in [5.74, 6) is 1.81. The summed E-state index contributed by atoms with van der Waals surface area (Å²) in [4.78, 5) is 22.7. The molecular formula is C25H24N6O2. The smallest absolute Gasteiger partial charge is 0.246 e. The van der Waals surface area contributed by atoms with Gasteiger partial charge in [0.15, 0.2) is 5.65 Å². The number of benzene rings is 2. The molecule has 33 heavy (non-hydrogen) atoms. The number of rotatable bonds is 6. The van der Waals surface area contributed by atoms with Crippen molar-refractivity contribution in [2.45, 2.75) is 25.4 Å². The van der Waals surface area contributed by atoms with Crippen LogP contribution in [0, 0.1) is 0 Å². The Hall–Kier alpha value is -4.20. The highest BCUT2D eigenvalue weighted by Gasteiger charge is 2.29. The molecule has 4 aromatic rings. The number of fused-ring (bicyclic) bond motifs is 1. The highest BCUT2D eigenvalue weighted by Crippen LogP contribution is 2.32. The molecule has 166 valence electrons. The van der Waals surface area contributed by atoms with Crippen molar-refractivity contribution in [3.8, 4) is 22.8 Å². The molecule has 1 amide bonds. The van der Waals surface area contributed by atoms with Crippen molar-refractivity contribution in [1.29, 1.82) is 0 Å². The van der Waals surface area contributed by atoms with E-state index in [0.29, 0.717) is 29.1 Å². The Kier molecular flexibility index (Phi) is 5.48. The number of carbonyl (C=O) groups excluding carboxylic acids is 1. The average molecular weight is 441 g/mol. The van der Waals surface area contributed by atoms with Crippen molar-refractivity contribution in [2.24, 2.45) is 0 Å². The van der Waals surface area contributed by atoms with Crippen LogP contribution in [0.25, 0.3) is 22.3 Å². The summed E-state index contributed by atoms with van der Waals surface area (Å²) in [6, 6.07) is 17.3. The molecule has 8 nitrogen and oxygen atoms in total. The number of nitrogen functional groups attached to an aromatic ring is 1. The van der Waals surface area contributed by atoms with Crippen LogP contribution in [0.2, 0.25) is 0 Å². The topological polar surface area (TPSA) is 99.2 Å². The van der Waals surface area contributed by atoms with Gasteiger partial charge in [-0.15, -0.1) is 0 Å². The molecule has 0 spiro atoms. The van der Waals surface area contributed by atoms with Crippen molar-refractivity contribution in [1.82, 2.24) is 24.6 Å². The molecular weight excluding hydrogens is 416 g/mol. The monoisotopic (exact) mass is 440 g/mol. The van der Waals surface area contributed by atoms with Crippen LogP contribution in [-0.4, -0.2) is 43.1 Å². The molecule has 2 N–H and O–H groups in total. The van der Waals surface area contributed by atoms with Crippen molar-refractivity contribution in [3.63, 3.8) is 0 Å². The summed E-state index contributed by atoms with van der Waals surface area (Å²) in [6.45, 7) is 4.88. The Balaban J connectivity index is 1.47. The van der Waals surface area contributed by atoms with E-state index >= 15 is 0 Å². The number of likely N-dealkylation sites (tertiary alicyclic amines) is 1. The summed E-state index contributed by atoms with van der Waals surface area (Å²) in [6.07, 6.45) is 4.67. The first-order valence-electron chi connectivity index (χ1n) is 10.9. The number of para-hydroxylation sites is 1. The van der Waals surface area contributed by atoms with E-state index in [0.717, 1.165) is 36.4 Å². The molecule has 0 saturated carbocycles. The van der Waals surface area contributed by atoms with Crippen molar-refractivity contribution >= 4 is 22.8 Å². The van der Waals surface area contributed by atoms with Crippen LogP contribution >= 0.6 is 0 Å². The van der Waals surface area contributed by atoms with Crippen LogP contribution in [-0.2, 0) is 11.3 Å². The minimum Gasteiger partial charge on any atom is -0.457 e. The van der Waals surface area contributed by atoms with Gasteiger partial charge < -0.3 is 15.4 Å². The van der Waals surface area contributed by atoms with Gasteiger partial charge in [-0.2, -0.15) is 5.10 Å². The van der Waals surface area contributed by atoms with Gasteiger partial charge in [-0.3, -0.25) is 4.79 Å². The molecule has 1 aliphatic rings. The third-order valence-corrected chi connectivity index (χ3v) is 5.88. The van der Waals surface area contributed by atoms with E-state index < -0.39 is 0 Å². The summed E-state index contributed by atoms with van der Waals surface area (Å²) < 4.78 is 7.73. The Bertz CT molecular complexity index is 1300. The maximum atomic E-state index is 12.2. The largest absolute Gasteiger partial charge is 0.457 e. The van der Waals surface area contributed by atoms with Gasteiger partial charge in [0.1, 0.15) is 29.3 Å². The van der Waals surface area contributed by atoms with E-state index in [1.165, 1.54) is 12.4 Å². The van der Waals surface area contributed by atoms with E-state index in [-0.39, 0.29) is 11.9 Å². The van der Waals surface area contributed by atoms with Gasteiger partial charge in [0.05, 0.1) is 18.0 Å². The third-order valence-electron chi connectivity index (χ3n) is 5.88. The molecule has 1 atom stereocenters. The summed E-state index contributed by atoms with van der Waals surface area (Å²) >= 11 is 0. The van der Waals surface area contributed by atoms with E-state index in [1.807, 2.05) is 64.2 Å². The minimum atomic E-state index is -0.0580. The van der Waals surface area contributed by atoms with Crippen LogP contribution in [0.1, 0.15) is 12.8 Å². The quantitative estimate of drug-likeness (QED) is 0.454. The van der Waals surface area contributed by atoms with Crippen molar-refractivity contribution < 1.29 is 9.53 Å². The molecule has 0 aliphatic carbocycles. The van der Waals surface area contributed by atoms with Crippen molar-refractivity contribution in [3.05, 3.63) is 73.6 Å². The summed E-state index contributed by atoms with van der Waals surface area (Å²) in [5, 5.41) is 5.55. The molecule has 0 radical (unpaired) electrons. The molecule has 8 heteroatoms. The fourth-order valence-corrected chi connectivity index (χ4v) is 4.30. The number of carbonyl (C=O) groups is 1. The molecule has 1 aliphatic heterocycles. The van der Waals surface area contributed by atoms with Gasteiger partial charge in [0.25, 0.3) is 0 Å². The fraction of sp³-hybridized carbons (Fsp3) is 0.200. The van der Waals surface area contributed by atoms with Gasteiger partial charge in [-0.05, 0) is 55.3 Å². The number of amides is 1. The summed E-state index contributed by atoms with van der Waals surface area (Å²) in [5.41, 5.74) is 8.47. The van der Waals surface area contributed by atoms with E-state index in [9.17, 15) is 4.79 Å². The fourth-order valence-electron chi connectivity index (χ4n) is 4.30. The molecule has 0 bridgehead atoms. The zero-order chi connectivity index (χ0) is 22.8. The van der Waals surface area contributed by atoms with Gasteiger partial charge in [0, 0.05) is 12.1 Å². The van der Waals surface area contributed by atoms with Gasteiger partial charge >= 0.3 is 0 Å². The Labute approximate surface area is 191 Å². The Morgan fingerprint density at radius 1 is 1.12 bits per heavy atom. The molecule has 1 unspecified atom stereocenters. The first-order chi connectivity index (χ1) is 16.1. The highest BCUT2D eigenvalue weighted by molar-refractivity contribution is 5.98. The molecule has 3 heterocycles. The van der Waals surface area contributed by atoms with Crippen LogP contribution in [0.3, 0.4) is 0 Å². The Morgan fingerprint density at radius 3 is 2.64 bits per heavy atom. The van der Waals surface area contributed by atoms with Crippen LogP contribution in [0.15, 0.2) is 73.6 Å². The lowest BCUT2D eigenvalue weighted by atomic mass is 10.1. The predicted molar refractivity (Wildman–Crippen MR) is 127 cm³/mol. The Morgan fingerprint density at radius 2 is 1.88 bits per heavy atom. The first-order valence-corrected chi connectivity index (χ1v) is 10.9. The van der Waals surface area contributed by atoms with Gasteiger partial charge in [-0.1, -0.05) is 24.8 Å². The van der Waals surface area contributed by atoms with E-state index in [2.05, 4.69) is 16.5 Å².